The number of esters is 1. The summed E-state index contributed by atoms with van der Waals surface area (Å²) in [6, 6.07) is 0. The van der Waals surface area contributed by atoms with E-state index in [4.69, 9.17) is 9.26 Å². The molecule has 4 heteroatoms. The fraction of sp³-hybridized carbons (Fsp3) is 0.500. The maximum Gasteiger partial charge on any atom is 0.343 e. The van der Waals surface area contributed by atoms with Gasteiger partial charge in [0.1, 0.15) is 11.7 Å². The van der Waals surface area contributed by atoms with Gasteiger partial charge in [0.2, 0.25) is 0 Å². The lowest BCUT2D eigenvalue weighted by Crippen LogP contribution is -2.24. The van der Waals surface area contributed by atoms with Crippen LogP contribution in [0, 0.1) is 6.92 Å². The molecule has 0 saturated carbocycles. The molecule has 2 rings (SSSR count). The summed E-state index contributed by atoms with van der Waals surface area (Å²) >= 11 is 0. The Morgan fingerprint density at radius 3 is 3.08 bits per heavy atom. The second-order valence-electron chi connectivity index (χ2n) is 2.99. The van der Waals surface area contributed by atoms with Crippen LogP contribution in [-0.2, 0) is 11.2 Å². The molecule has 2 heterocycles. The average Bonchev–Trinajstić information content (AvgIpc) is 2.31. The van der Waals surface area contributed by atoms with E-state index in [2.05, 4.69) is 5.16 Å². The summed E-state index contributed by atoms with van der Waals surface area (Å²) in [7, 11) is 0. The third-order valence-electron chi connectivity index (χ3n) is 1.92. The molecule has 0 amide bonds. The van der Waals surface area contributed by atoms with Crippen molar-refractivity contribution in [1.29, 1.82) is 0 Å². The molecule has 1 atom stereocenters. The largest absolute Gasteiger partial charge is 0.458 e. The fourth-order valence-electron chi connectivity index (χ4n) is 1.36. The van der Waals surface area contributed by atoms with Gasteiger partial charge in [0.05, 0.1) is 5.69 Å². The van der Waals surface area contributed by atoms with E-state index in [-0.39, 0.29) is 12.1 Å². The zero-order chi connectivity index (χ0) is 8.72. The molecule has 0 saturated heterocycles. The zero-order valence-electron chi connectivity index (χ0n) is 6.96. The highest BCUT2D eigenvalue weighted by atomic mass is 16.5. The molecule has 0 aromatic carbocycles. The zero-order valence-corrected chi connectivity index (χ0v) is 6.96. The minimum atomic E-state index is -0.317. The first-order chi connectivity index (χ1) is 5.68. The predicted molar refractivity (Wildman–Crippen MR) is 39.8 cm³/mol. The van der Waals surface area contributed by atoms with Gasteiger partial charge in [-0.05, 0) is 13.8 Å². The molecule has 1 aliphatic rings. The van der Waals surface area contributed by atoms with E-state index in [0.29, 0.717) is 23.4 Å². The molecule has 64 valence electrons. The van der Waals surface area contributed by atoms with E-state index in [1.54, 1.807) is 6.92 Å². The summed E-state index contributed by atoms with van der Waals surface area (Å²) in [5, 5.41) is 3.71. The van der Waals surface area contributed by atoms with Gasteiger partial charge in [0, 0.05) is 6.42 Å². The van der Waals surface area contributed by atoms with Crippen LogP contribution >= 0.6 is 0 Å². The highest BCUT2D eigenvalue weighted by molar-refractivity contribution is 5.92. The van der Waals surface area contributed by atoms with Crippen molar-refractivity contribution in [2.24, 2.45) is 0 Å². The molecule has 0 aliphatic carbocycles. The van der Waals surface area contributed by atoms with Crippen LogP contribution in [0.2, 0.25) is 0 Å². The van der Waals surface area contributed by atoms with Crippen LogP contribution in [-0.4, -0.2) is 17.2 Å². The van der Waals surface area contributed by atoms with Crippen molar-refractivity contribution in [3.63, 3.8) is 0 Å². The van der Waals surface area contributed by atoms with Gasteiger partial charge < -0.3 is 9.26 Å². The van der Waals surface area contributed by atoms with Crippen molar-refractivity contribution in [1.82, 2.24) is 5.16 Å². The highest BCUT2D eigenvalue weighted by Crippen LogP contribution is 2.22. The summed E-state index contributed by atoms with van der Waals surface area (Å²) in [4.78, 5) is 11.3. The molecule has 12 heavy (non-hydrogen) atoms. The number of cyclic esters (lactones) is 1. The molecule has 0 radical (unpaired) electrons. The molecule has 0 bridgehead atoms. The maximum absolute atomic E-state index is 11.3. The molecule has 0 fully saturated rings. The summed E-state index contributed by atoms with van der Waals surface area (Å²) in [6.45, 7) is 3.57. The Balaban J connectivity index is 2.50. The summed E-state index contributed by atoms with van der Waals surface area (Å²) in [5.74, 6) is 0.332. The average molecular weight is 167 g/mol. The number of carbonyl (C=O) groups excluding carboxylic acids is 1. The van der Waals surface area contributed by atoms with Crippen molar-refractivity contribution in [2.75, 3.05) is 0 Å². The Morgan fingerprint density at radius 1 is 1.58 bits per heavy atom. The minimum absolute atomic E-state index is 0.0997. The van der Waals surface area contributed by atoms with Crippen molar-refractivity contribution < 1.29 is 14.1 Å². The number of hydrogen-bond acceptors (Lipinski definition) is 4. The number of ether oxygens (including phenoxy) is 1. The third-order valence-corrected chi connectivity index (χ3v) is 1.92. The van der Waals surface area contributed by atoms with E-state index in [1.807, 2.05) is 6.92 Å². The van der Waals surface area contributed by atoms with Gasteiger partial charge >= 0.3 is 5.97 Å². The molecule has 4 nitrogen and oxygen atoms in total. The topological polar surface area (TPSA) is 52.3 Å². The molecule has 1 aliphatic heterocycles. The molecule has 1 aromatic rings. The van der Waals surface area contributed by atoms with Crippen molar-refractivity contribution in [3.8, 4) is 0 Å². The molecule has 0 spiro atoms. The lowest BCUT2D eigenvalue weighted by atomic mass is 10.1. The number of carbonyl (C=O) groups is 1. The van der Waals surface area contributed by atoms with Crippen LogP contribution in [0.5, 0.6) is 0 Å². The van der Waals surface area contributed by atoms with Crippen LogP contribution in [0.15, 0.2) is 4.52 Å². The van der Waals surface area contributed by atoms with E-state index in [9.17, 15) is 4.79 Å². The van der Waals surface area contributed by atoms with Gasteiger partial charge in [-0.1, -0.05) is 5.16 Å². The number of aryl methyl sites for hydroxylation is 1. The van der Waals surface area contributed by atoms with Crippen molar-refractivity contribution in [2.45, 2.75) is 26.4 Å². The van der Waals surface area contributed by atoms with E-state index in [1.165, 1.54) is 0 Å². The molecule has 1 aromatic heterocycles. The maximum atomic E-state index is 11.3. The first-order valence-electron chi connectivity index (χ1n) is 3.84. The first kappa shape index (κ1) is 7.34. The van der Waals surface area contributed by atoms with Crippen molar-refractivity contribution in [3.05, 3.63) is 17.0 Å². The standard InChI is InChI=1S/C8H9NO3/c1-4-3-6-7(8(10)11-4)5(2)9-12-6/h4H,3H2,1-2H3. The predicted octanol–water partition coefficient (Wildman–Crippen LogP) is 1.08. The van der Waals surface area contributed by atoms with E-state index >= 15 is 0 Å². The Hall–Kier alpha value is -1.32. The monoisotopic (exact) mass is 167 g/mol. The van der Waals surface area contributed by atoms with Crippen LogP contribution in [0.1, 0.15) is 28.7 Å². The van der Waals surface area contributed by atoms with Crippen LogP contribution in [0.3, 0.4) is 0 Å². The van der Waals surface area contributed by atoms with Crippen LogP contribution < -0.4 is 0 Å². The SMILES string of the molecule is Cc1noc2c1C(=O)OC(C)C2. The molecule has 1 unspecified atom stereocenters. The summed E-state index contributed by atoms with van der Waals surface area (Å²) in [5.41, 5.74) is 1.12. The van der Waals surface area contributed by atoms with Gasteiger partial charge in [-0.2, -0.15) is 0 Å². The number of rotatable bonds is 0. The quantitative estimate of drug-likeness (QED) is 0.542. The Morgan fingerprint density at radius 2 is 2.33 bits per heavy atom. The lowest BCUT2D eigenvalue weighted by Gasteiger charge is -2.16. The first-order valence-corrected chi connectivity index (χ1v) is 3.84. The normalized spacial score (nSPS) is 21.8. The van der Waals surface area contributed by atoms with Gasteiger partial charge in [0.25, 0.3) is 0 Å². The number of fused-ring (bicyclic) bond motifs is 1. The second kappa shape index (κ2) is 2.33. The van der Waals surface area contributed by atoms with Crippen LogP contribution in [0.25, 0.3) is 0 Å². The molecular weight excluding hydrogens is 158 g/mol. The number of hydrogen-bond donors (Lipinski definition) is 0. The van der Waals surface area contributed by atoms with E-state index < -0.39 is 0 Å². The Kier molecular flexibility index (Phi) is 1.43. The van der Waals surface area contributed by atoms with Gasteiger partial charge in [-0.15, -0.1) is 0 Å². The Bertz CT molecular complexity index is 329. The van der Waals surface area contributed by atoms with Gasteiger partial charge in [-0.25, -0.2) is 4.79 Å². The smallest absolute Gasteiger partial charge is 0.343 e. The van der Waals surface area contributed by atoms with E-state index in [0.717, 1.165) is 0 Å². The van der Waals surface area contributed by atoms with Crippen LogP contribution in [0.4, 0.5) is 0 Å². The third kappa shape index (κ3) is 0.913. The van der Waals surface area contributed by atoms with Crippen molar-refractivity contribution >= 4 is 5.97 Å². The molecule has 0 N–H and O–H groups in total. The molecular formula is C8H9NO3. The minimum Gasteiger partial charge on any atom is -0.458 e. The number of aromatic nitrogens is 1. The Labute approximate surface area is 69.5 Å². The van der Waals surface area contributed by atoms with Gasteiger partial charge in [-0.3, -0.25) is 0 Å². The van der Waals surface area contributed by atoms with Gasteiger partial charge in [0.15, 0.2) is 5.76 Å². The second-order valence-corrected chi connectivity index (χ2v) is 2.99. The lowest BCUT2D eigenvalue weighted by molar-refractivity contribution is 0.0279. The highest BCUT2D eigenvalue weighted by Gasteiger charge is 2.29. The summed E-state index contributed by atoms with van der Waals surface area (Å²) < 4.78 is 9.99. The fourth-order valence-corrected chi connectivity index (χ4v) is 1.36. The number of nitrogens with zero attached hydrogens (tertiary/aromatic N) is 1. The summed E-state index contributed by atoms with van der Waals surface area (Å²) in [6.07, 6.45) is 0.527.